The van der Waals surface area contributed by atoms with E-state index in [0.717, 1.165) is 19.8 Å². The van der Waals surface area contributed by atoms with Gasteiger partial charge in [0.2, 0.25) is 0 Å². The average Bonchev–Trinajstić information content (AvgIpc) is 3.22. The van der Waals surface area contributed by atoms with Gasteiger partial charge in [-0.1, -0.05) is 57.8 Å². The Bertz CT molecular complexity index is 113. The minimum atomic E-state index is 0.583. The Kier molecular flexibility index (Phi) is 8.83. The molecule has 2 saturated carbocycles. The molecule has 2 aliphatic carbocycles. The maximum Gasteiger partial charge on any atom is 0.0781 e. The van der Waals surface area contributed by atoms with E-state index in [1.165, 1.54) is 57.8 Å². The molecule has 4 fully saturated rings. The van der Waals surface area contributed by atoms with Crippen LogP contribution < -0.4 is 0 Å². The monoisotopic (exact) mass is 228 g/mol. The zero-order chi connectivity index (χ0) is 11.5. The van der Waals surface area contributed by atoms with E-state index < -0.39 is 0 Å². The first-order valence-electron chi connectivity index (χ1n) is 7.09. The van der Waals surface area contributed by atoms with Gasteiger partial charge in [-0.3, -0.25) is 0 Å². The fraction of sp³-hybridized carbons (Fsp3) is 1.00. The molecule has 16 heavy (non-hydrogen) atoms. The zero-order valence-electron chi connectivity index (χ0n) is 10.9. The second-order valence-electron chi connectivity index (χ2n) is 4.94. The van der Waals surface area contributed by atoms with E-state index in [2.05, 4.69) is 11.7 Å². The average molecular weight is 228 g/mol. The SMILES string of the molecule is C1CC1.C1CCCCC1.C1CO1.CC1CO1. The minimum absolute atomic E-state index is 0.583. The predicted octanol–water partition coefficient (Wildman–Crippen LogP) is 3.93. The van der Waals surface area contributed by atoms with Crippen molar-refractivity contribution in [1.29, 1.82) is 0 Å². The van der Waals surface area contributed by atoms with Crippen LogP contribution in [-0.2, 0) is 9.47 Å². The van der Waals surface area contributed by atoms with Crippen molar-refractivity contribution in [3.8, 4) is 0 Å². The second-order valence-corrected chi connectivity index (χ2v) is 4.94. The smallest absolute Gasteiger partial charge is 0.0781 e. The Hall–Kier alpha value is -0.0800. The highest BCUT2D eigenvalue weighted by atomic mass is 16.6. The maximum absolute atomic E-state index is 4.71. The Morgan fingerprint density at radius 1 is 0.688 bits per heavy atom. The molecule has 4 aliphatic rings. The molecule has 0 N–H and O–H groups in total. The summed E-state index contributed by atoms with van der Waals surface area (Å²) in [5, 5.41) is 0. The van der Waals surface area contributed by atoms with Crippen LogP contribution in [-0.4, -0.2) is 25.9 Å². The molecule has 96 valence electrons. The molecule has 0 aromatic carbocycles. The molecule has 0 amide bonds. The Balaban J connectivity index is 0.000000112. The van der Waals surface area contributed by atoms with Crippen LogP contribution in [0.5, 0.6) is 0 Å². The number of epoxide rings is 2. The van der Waals surface area contributed by atoms with Gasteiger partial charge in [-0.25, -0.2) is 0 Å². The lowest BCUT2D eigenvalue weighted by Gasteiger charge is -2.05. The van der Waals surface area contributed by atoms with Gasteiger partial charge in [-0.05, 0) is 6.92 Å². The van der Waals surface area contributed by atoms with Crippen LogP contribution >= 0.6 is 0 Å². The summed E-state index contributed by atoms with van der Waals surface area (Å²) in [5.74, 6) is 0. The van der Waals surface area contributed by atoms with Crippen LogP contribution in [0.1, 0.15) is 64.7 Å². The van der Waals surface area contributed by atoms with Crippen molar-refractivity contribution in [3.63, 3.8) is 0 Å². The van der Waals surface area contributed by atoms with Crippen molar-refractivity contribution in [2.24, 2.45) is 0 Å². The van der Waals surface area contributed by atoms with E-state index in [0.29, 0.717) is 6.10 Å². The number of hydrogen-bond acceptors (Lipinski definition) is 2. The molecular formula is C14H28O2. The molecule has 2 heteroatoms. The van der Waals surface area contributed by atoms with Crippen LogP contribution in [0.4, 0.5) is 0 Å². The first-order valence-corrected chi connectivity index (χ1v) is 7.09. The first-order chi connectivity index (χ1) is 7.89. The first kappa shape index (κ1) is 14.0. The van der Waals surface area contributed by atoms with Gasteiger partial charge in [0.15, 0.2) is 0 Å². The molecule has 0 radical (unpaired) electrons. The van der Waals surface area contributed by atoms with E-state index in [-0.39, 0.29) is 0 Å². The molecule has 2 saturated heterocycles. The highest BCUT2D eigenvalue weighted by Crippen LogP contribution is 2.15. The number of hydrogen-bond donors (Lipinski definition) is 0. The van der Waals surface area contributed by atoms with Crippen LogP contribution in [0.2, 0.25) is 0 Å². The molecule has 2 heterocycles. The third-order valence-corrected chi connectivity index (χ3v) is 2.56. The summed E-state index contributed by atoms with van der Waals surface area (Å²) in [6.45, 7) is 5.04. The van der Waals surface area contributed by atoms with E-state index in [4.69, 9.17) is 4.74 Å². The fourth-order valence-electron chi connectivity index (χ4n) is 1.16. The summed E-state index contributed by atoms with van der Waals surface area (Å²) in [6.07, 6.45) is 14.1. The van der Waals surface area contributed by atoms with Gasteiger partial charge in [0.25, 0.3) is 0 Å². The minimum Gasteiger partial charge on any atom is -0.377 e. The van der Waals surface area contributed by atoms with E-state index in [1.54, 1.807) is 0 Å². The van der Waals surface area contributed by atoms with Gasteiger partial charge in [0, 0.05) is 0 Å². The van der Waals surface area contributed by atoms with Crippen molar-refractivity contribution in [3.05, 3.63) is 0 Å². The van der Waals surface area contributed by atoms with Crippen LogP contribution in [0, 0.1) is 0 Å². The van der Waals surface area contributed by atoms with Gasteiger partial charge < -0.3 is 9.47 Å². The predicted molar refractivity (Wildman–Crippen MR) is 67.8 cm³/mol. The van der Waals surface area contributed by atoms with E-state index in [1.807, 2.05) is 0 Å². The largest absolute Gasteiger partial charge is 0.377 e. The molecule has 0 bridgehead atoms. The van der Waals surface area contributed by atoms with Crippen molar-refractivity contribution in [1.82, 2.24) is 0 Å². The van der Waals surface area contributed by atoms with Gasteiger partial charge in [0.1, 0.15) is 0 Å². The lowest BCUT2D eigenvalue weighted by Crippen LogP contribution is -1.85. The lowest BCUT2D eigenvalue weighted by atomic mass is 10.0. The van der Waals surface area contributed by atoms with Gasteiger partial charge in [0.05, 0.1) is 25.9 Å². The van der Waals surface area contributed by atoms with Crippen molar-refractivity contribution >= 4 is 0 Å². The van der Waals surface area contributed by atoms with Gasteiger partial charge in [-0.15, -0.1) is 0 Å². The van der Waals surface area contributed by atoms with Crippen LogP contribution in [0.3, 0.4) is 0 Å². The van der Waals surface area contributed by atoms with E-state index in [9.17, 15) is 0 Å². The third kappa shape index (κ3) is 19.5. The summed E-state index contributed by atoms with van der Waals surface area (Å²) >= 11 is 0. The highest BCUT2D eigenvalue weighted by Gasteiger charge is 2.13. The molecule has 1 unspecified atom stereocenters. The van der Waals surface area contributed by atoms with E-state index >= 15 is 0 Å². The molecule has 2 nitrogen and oxygen atoms in total. The maximum atomic E-state index is 4.71. The fourth-order valence-corrected chi connectivity index (χ4v) is 1.16. The third-order valence-electron chi connectivity index (χ3n) is 2.56. The molecular weight excluding hydrogens is 200 g/mol. The molecule has 2 aliphatic heterocycles. The normalized spacial score (nSPS) is 27.9. The van der Waals surface area contributed by atoms with Crippen LogP contribution in [0.25, 0.3) is 0 Å². The Morgan fingerprint density at radius 3 is 0.938 bits per heavy atom. The summed E-state index contributed by atoms with van der Waals surface area (Å²) in [4.78, 5) is 0. The van der Waals surface area contributed by atoms with Crippen molar-refractivity contribution in [2.75, 3.05) is 19.8 Å². The van der Waals surface area contributed by atoms with Crippen LogP contribution in [0.15, 0.2) is 0 Å². The number of ether oxygens (including phenoxy) is 2. The molecule has 0 aromatic rings. The molecule has 4 rings (SSSR count). The number of rotatable bonds is 0. The lowest BCUT2D eigenvalue weighted by molar-refractivity contribution is 0.423. The van der Waals surface area contributed by atoms with Gasteiger partial charge >= 0.3 is 0 Å². The quantitative estimate of drug-likeness (QED) is 0.587. The summed E-state index contributed by atoms with van der Waals surface area (Å²) in [7, 11) is 0. The standard InChI is InChI=1S/C6H12.C3H6O.C3H6.C2H4O/c1-2-4-6-5-3-1;1-3-2-4-3;2*1-2-3-1/h1-6H2;3H,2H2,1H3;1-3H2;1-2H2. The van der Waals surface area contributed by atoms with Crippen molar-refractivity contribution < 1.29 is 9.47 Å². The summed E-state index contributed by atoms with van der Waals surface area (Å²) in [6, 6.07) is 0. The molecule has 1 atom stereocenters. The molecule has 0 spiro atoms. The Labute approximate surface area is 101 Å². The summed E-state index contributed by atoms with van der Waals surface area (Å²) in [5.41, 5.74) is 0. The zero-order valence-corrected chi connectivity index (χ0v) is 10.9. The van der Waals surface area contributed by atoms with Crippen molar-refractivity contribution in [2.45, 2.75) is 70.8 Å². The summed E-state index contributed by atoms with van der Waals surface area (Å²) < 4.78 is 9.21. The highest BCUT2D eigenvalue weighted by molar-refractivity contribution is 4.58. The van der Waals surface area contributed by atoms with Gasteiger partial charge in [-0.2, -0.15) is 0 Å². The molecule has 0 aromatic heterocycles. The Morgan fingerprint density at radius 2 is 0.875 bits per heavy atom. The second kappa shape index (κ2) is 10.1. The topological polar surface area (TPSA) is 25.1 Å².